The first-order valence-corrected chi connectivity index (χ1v) is 7.61. The van der Waals surface area contributed by atoms with E-state index in [9.17, 15) is 9.50 Å². The molecule has 23 heavy (non-hydrogen) atoms. The Kier molecular flexibility index (Phi) is 7.00. The van der Waals surface area contributed by atoms with Gasteiger partial charge in [-0.1, -0.05) is 42.5 Å². The number of nitrogens with zero attached hydrogens (tertiary/aromatic N) is 1. The van der Waals surface area contributed by atoms with Crippen molar-refractivity contribution in [2.45, 2.75) is 12.6 Å². The van der Waals surface area contributed by atoms with Crippen LogP contribution in [0.25, 0.3) is 0 Å². The van der Waals surface area contributed by atoms with Crippen molar-refractivity contribution in [3.63, 3.8) is 0 Å². The highest BCUT2D eigenvalue weighted by molar-refractivity contribution is 5.23. The monoisotopic (exact) mass is 319 g/mol. The number of ether oxygens (including phenoxy) is 1. The highest BCUT2D eigenvalue weighted by atomic mass is 19.1. The third-order valence-electron chi connectivity index (χ3n) is 3.40. The molecule has 2 aromatic rings. The SMILES string of the molecule is OCCN(Cc1ccccc1)CC(O)COc1ccccc1F. The summed E-state index contributed by atoms with van der Waals surface area (Å²) in [5, 5.41) is 19.3. The fourth-order valence-corrected chi connectivity index (χ4v) is 2.32. The van der Waals surface area contributed by atoms with Gasteiger partial charge in [-0.25, -0.2) is 4.39 Å². The van der Waals surface area contributed by atoms with Crippen LogP contribution in [0.5, 0.6) is 5.75 Å². The van der Waals surface area contributed by atoms with Gasteiger partial charge < -0.3 is 14.9 Å². The van der Waals surface area contributed by atoms with Crippen LogP contribution in [0.2, 0.25) is 0 Å². The van der Waals surface area contributed by atoms with E-state index in [1.165, 1.54) is 12.1 Å². The summed E-state index contributed by atoms with van der Waals surface area (Å²) >= 11 is 0. The smallest absolute Gasteiger partial charge is 0.165 e. The molecule has 0 heterocycles. The molecular weight excluding hydrogens is 297 g/mol. The quantitative estimate of drug-likeness (QED) is 0.743. The molecule has 2 aromatic carbocycles. The van der Waals surface area contributed by atoms with E-state index in [-0.39, 0.29) is 19.0 Å². The van der Waals surface area contributed by atoms with Crippen molar-refractivity contribution in [1.29, 1.82) is 0 Å². The summed E-state index contributed by atoms with van der Waals surface area (Å²) in [6.07, 6.45) is -0.773. The van der Waals surface area contributed by atoms with E-state index in [0.717, 1.165) is 5.56 Å². The minimum atomic E-state index is -0.773. The van der Waals surface area contributed by atoms with E-state index >= 15 is 0 Å². The summed E-state index contributed by atoms with van der Waals surface area (Å²) in [5.41, 5.74) is 1.10. The minimum Gasteiger partial charge on any atom is -0.488 e. The predicted molar refractivity (Wildman–Crippen MR) is 86.7 cm³/mol. The molecule has 0 saturated heterocycles. The maximum Gasteiger partial charge on any atom is 0.165 e. The third-order valence-corrected chi connectivity index (χ3v) is 3.40. The summed E-state index contributed by atoms with van der Waals surface area (Å²) in [5.74, 6) is -0.320. The molecule has 1 atom stereocenters. The van der Waals surface area contributed by atoms with Crippen molar-refractivity contribution < 1.29 is 19.3 Å². The van der Waals surface area contributed by atoms with Crippen molar-refractivity contribution in [3.05, 3.63) is 66.0 Å². The maximum absolute atomic E-state index is 13.5. The number of halogens is 1. The Morgan fingerprint density at radius 1 is 1.04 bits per heavy atom. The fraction of sp³-hybridized carbons (Fsp3) is 0.333. The van der Waals surface area contributed by atoms with Crippen LogP contribution in [0.15, 0.2) is 54.6 Å². The summed E-state index contributed by atoms with van der Waals surface area (Å²) in [6, 6.07) is 15.9. The van der Waals surface area contributed by atoms with Crippen molar-refractivity contribution >= 4 is 0 Å². The lowest BCUT2D eigenvalue weighted by Gasteiger charge is -2.24. The summed E-state index contributed by atoms with van der Waals surface area (Å²) < 4.78 is 18.8. The zero-order valence-corrected chi connectivity index (χ0v) is 12.9. The van der Waals surface area contributed by atoms with Crippen LogP contribution in [-0.2, 0) is 6.54 Å². The maximum atomic E-state index is 13.5. The van der Waals surface area contributed by atoms with Crippen LogP contribution >= 0.6 is 0 Å². The number of aliphatic hydroxyl groups is 2. The predicted octanol–water partition coefficient (Wildman–Crippen LogP) is 2.06. The largest absolute Gasteiger partial charge is 0.488 e. The Hall–Kier alpha value is -1.95. The highest BCUT2D eigenvalue weighted by Crippen LogP contribution is 2.15. The zero-order valence-electron chi connectivity index (χ0n) is 12.9. The van der Waals surface area contributed by atoms with Gasteiger partial charge in [-0.05, 0) is 17.7 Å². The van der Waals surface area contributed by atoms with Crippen molar-refractivity contribution in [2.24, 2.45) is 0 Å². The number of aliphatic hydroxyl groups excluding tert-OH is 2. The number of benzene rings is 2. The second-order valence-electron chi connectivity index (χ2n) is 5.34. The van der Waals surface area contributed by atoms with Gasteiger partial charge >= 0.3 is 0 Å². The molecule has 0 radical (unpaired) electrons. The molecule has 2 N–H and O–H groups in total. The number of hydrogen-bond donors (Lipinski definition) is 2. The summed E-state index contributed by atoms with van der Waals surface area (Å²) in [7, 11) is 0. The van der Waals surface area contributed by atoms with Gasteiger partial charge in [-0.2, -0.15) is 0 Å². The van der Waals surface area contributed by atoms with E-state index in [1.807, 2.05) is 35.2 Å². The van der Waals surface area contributed by atoms with Crippen molar-refractivity contribution in [2.75, 3.05) is 26.3 Å². The van der Waals surface area contributed by atoms with Crippen LogP contribution in [0.4, 0.5) is 4.39 Å². The van der Waals surface area contributed by atoms with Crippen LogP contribution in [0.1, 0.15) is 5.56 Å². The lowest BCUT2D eigenvalue weighted by Crippen LogP contribution is -2.37. The molecule has 0 saturated carbocycles. The first-order valence-electron chi connectivity index (χ1n) is 7.61. The van der Waals surface area contributed by atoms with E-state index in [0.29, 0.717) is 19.6 Å². The Morgan fingerprint density at radius 3 is 2.43 bits per heavy atom. The van der Waals surface area contributed by atoms with Crippen LogP contribution in [0.3, 0.4) is 0 Å². The van der Waals surface area contributed by atoms with Gasteiger partial charge in [0.2, 0.25) is 0 Å². The van der Waals surface area contributed by atoms with E-state index < -0.39 is 11.9 Å². The normalized spacial score (nSPS) is 12.3. The number of para-hydroxylation sites is 1. The molecule has 0 bridgehead atoms. The zero-order chi connectivity index (χ0) is 16.5. The average molecular weight is 319 g/mol. The first-order chi connectivity index (χ1) is 11.2. The van der Waals surface area contributed by atoms with Gasteiger partial charge in [0.1, 0.15) is 12.7 Å². The lowest BCUT2D eigenvalue weighted by molar-refractivity contribution is 0.0578. The Bertz CT molecular complexity index is 579. The molecular formula is C18H22FNO3. The molecule has 5 heteroatoms. The Balaban J connectivity index is 1.85. The van der Waals surface area contributed by atoms with Gasteiger partial charge in [0.15, 0.2) is 11.6 Å². The van der Waals surface area contributed by atoms with Gasteiger partial charge in [-0.15, -0.1) is 0 Å². The molecule has 0 aliphatic rings. The minimum absolute atomic E-state index is 0.00233. The van der Waals surface area contributed by atoms with E-state index in [4.69, 9.17) is 9.84 Å². The fourth-order valence-electron chi connectivity index (χ4n) is 2.32. The lowest BCUT2D eigenvalue weighted by atomic mass is 10.2. The molecule has 0 fully saturated rings. The highest BCUT2D eigenvalue weighted by Gasteiger charge is 2.13. The second kappa shape index (κ2) is 9.25. The molecule has 0 aromatic heterocycles. The second-order valence-corrected chi connectivity index (χ2v) is 5.34. The Morgan fingerprint density at radius 2 is 1.74 bits per heavy atom. The Labute approximate surface area is 135 Å². The van der Waals surface area contributed by atoms with Gasteiger partial charge in [-0.3, -0.25) is 4.90 Å². The van der Waals surface area contributed by atoms with Crippen LogP contribution in [0, 0.1) is 5.82 Å². The molecule has 0 spiro atoms. The average Bonchev–Trinajstić information content (AvgIpc) is 2.55. The van der Waals surface area contributed by atoms with Gasteiger partial charge in [0.25, 0.3) is 0 Å². The van der Waals surface area contributed by atoms with Crippen LogP contribution in [-0.4, -0.2) is 47.5 Å². The molecule has 1 unspecified atom stereocenters. The summed E-state index contributed by atoms with van der Waals surface area (Å²) in [4.78, 5) is 1.94. The van der Waals surface area contributed by atoms with Crippen molar-refractivity contribution in [1.82, 2.24) is 4.90 Å². The first kappa shape index (κ1) is 17.4. The summed E-state index contributed by atoms with van der Waals surface area (Å²) in [6.45, 7) is 1.42. The third kappa shape index (κ3) is 5.98. The van der Waals surface area contributed by atoms with Crippen LogP contribution < -0.4 is 4.74 Å². The molecule has 124 valence electrons. The molecule has 0 aliphatic heterocycles. The van der Waals surface area contributed by atoms with Gasteiger partial charge in [0, 0.05) is 19.6 Å². The number of rotatable bonds is 9. The van der Waals surface area contributed by atoms with E-state index in [2.05, 4.69) is 0 Å². The molecule has 0 aliphatic carbocycles. The van der Waals surface area contributed by atoms with Crippen molar-refractivity contribution in [3.8, 4) is 5.75 Å². The standard InChI is InChI=1S/C18H22FNO3/c19-17-8-4-5-9-18(17)23-14-16(22)13-20(10-11-21)12-15-6-2-1-3-7-15/h1-9,16,21-22H,10-14H2. The topological polar surface area (TPSA) is 52.9 Å². The van der Waals surface area contributed by atoms with E-state index in [1.54, 1.807) is 12.1 Å². The van der Waals surface area contributed by atoms with Gasteiger partial charge in [0.05, 0.1) is 6.61 Å². The molecule has 4 nitrogen and oxygen atoms in total. The number of hydrogen-bond acceptors (Lipinski definition) is 4. The molecule has 2 rings (SSSR count). The molecule has 0 amide bonds.